The highest BCUT2D eigenvalue weighted by Crippen LogP contribution is 2.21. The Kier molecular flexibility index (Phi) is 2.82. The Bertz CT molecular complexity index is 458. The molecule has 0 saturated carbocycles. The zero-order valence-electron chi connectivity index (χ0n) is 7.72. The Morgan fingerprint density at radius 2 is 1.93 bits per heavy atom. The SMILES string of the molecule is Nc1cnc(Oc2cccc(Br)c2)nc1. The molecule has 0 atom stereocenters. The van der Waals surface area contributed by atoms with Crippen LogP contribution < -0.4 is 10.5 Å². The molecule has 0 bridgehead atoms. The molecule has 0 unspecified atom stereocenters. The van der Waals surface area contributed by atoms with E-state index in [1.54, 1.807) is 0 Å². The number of ether oxygens (including phenoxy) is 1. The van der Waals surface area contributed by atoms with Gasteiger partial charge in [-0.25, -0.2) is 9.97 Å². The first-order valence-electron chi connectivity index (χ1n) is 4.25. The first-order chi connectivity index (χ1) is 7.24. The molecule has 2 rings (SSSR count). The molecule has 0 aliphatic heterocycles. The summed E-state index contributed by atoms with van der Waals surface area (Å²) in [5, 5.41) is 0. The van der Waals surface area contributed by atoms with Gasteiger partial charge in [0.25, 0.3) is 0 Å². The Morgan fingerprint density at radius 3 is 2.60 bits per heavy atom. The maximum Gasteiger partial charge on any atom is 0.322 e. The number of anilines is 1. The number of rotatable bonds is 2. The van der Waals surface area contributed by atoms with Gasteiger partial charge in [-0.15, -0.1) is 0 Å². The summed E-state index contributed by atoms with van der Waals surface area (Å²) in [7, 11) is 0. The number of nitrogen functional groups attached to an aromatic ring is 1. The van der Waals surface area contributed by atoms with Gasteiger partial charge < -0.3 is 10.5 Å². The molecule has 76 valence electrons. The lowest BCUT2D eigenvalue weighted by atomic mass is 10.3. The molecule has 2 N–H and O–H groups in total. The summed E-state index contributed by atoms with van der Waals surface area (Å²) in [5.41, 5.74) is 5.97. The molecule has 0 saturated heterocycles. The van der Waals surface area contributed by atoms with Crippen molar-refractivity contribution in [2.24, 2.45) is 0 Å². The van der Waals surface area contributed by atoms with Crippen molar-refractivity contribution in [1.29, 1.82) is 0 Å². The molecular formula is C10H8BrN3O. The van der Waals surface area contributed by atoms with E-state index in [1.165, 1.54) is 12.4 Å². The van der Waals surface area contributed by atoms with Gasteiger partial charge in [-0.3, -0.25) is 0 Å². The van der Waals surface area contributed by atoms with Gasteiger partial charge in [0.05, 0.1) is 18.1 Å². The largest absolute Gasteiger partial charge is 0.424 e. The highest BCUT2D eigenvalue weighted by Gasteiger charge is 1.99. The minimum atomic E-state index is 0.280. The van der Waals surface area contributed by atoms with Crippen LogP contribution in [-0.4, -0.2) is 9.97 Å². The summed E-state index contributed by atoms with van der Waals surface area (Å²) in [6.45, 7) is 0. The van der Waals surface area contributed by atoms with Gasteiger partial charge in [0, 0.05) is 4.47 Å². The van der Waals surface area contributed by atoms with Crippen molar-refractivity contribution in [1.82, 2.24) is 9.97 Å². The maximum atomic E-state index is 5.46. The maximum absolute atomic E-state index is 5.46. The molecule has 1 aromatic heterocycles. The van der Waals surface area contributed by atoms with Crippen molar-refractivity contribution in [2.45, 2.75) is 0 Å². The Morgan fingerprint density at radius 1 is 1.20 bits per heavy atom. The topological polar surface area (TPSA) is 61.0 Å². The lowest BCUT2D eigenvalue weighted by Gasteiger charge is -2.03. The first kappa shape index (κ1) is 9.92. The van der Waals surface area contributed by atoms with Gasteiger partial charge in [-0.1, -0.05) is 22.0 Å². The van der Waals surface area contributed by atoms with Crippen LogP contribution in [0, 0.1) is 0 Å². The van der Waals surface area contributed by atoms with Crippen LogP contribution >= 0.6 is 15.9 Å². The molecule has 2 aromatic rings. The number of benzene rings is 1. The van der Waals surface area contributed by atoms with Gasteiger partial charge in [0.15, 0.2) is 0 Å². The number of nitrogens with two attached hydrogens (primary N) is 1. The molecule has 0 aliphatic carbocycles. The van der Waals surface area contributed by atoms with E-state index in [1.807, 2.05) is 24.3 Å². The van der Waals surface area contributed by atoms with E-state index in [0.29, 0.717) is 11.4 Å². The Labute approximate surface area is 95.2 Å². The van der Waals surface area contributed by atoms with E-state index < -0.39 is 0 Å². The lowest BCUT2D eigenvalue weighted by molar-refractivity contribution is 0.442. The molecule has 0 fully saturated rings. The number of halogens is 1. The van der Waals surface area contributed by atoms with Gasteiger partial charge in [-0.05, 0) is 18.2 Å². The third kappa shape index (κ3) is 2.66. The fourth-order valence-electron chi connectivity index (χ4n) is 1.01. The van der Waals surface area contributed by atoms with E-state index in [4.69, 9.17) is 10.5 Å². The molecule has 0 radical (unpaired) electrons. The predicted molar refractivity (Wildman–Crippen MR) is 60.7 cm³/mol. The molecule has 4 nitrogen and oxygen atoms in total. The molecule has 1 heterocycles. The molecule has 0 aliphatic rings. The van der Waals surface area contributed by atoms with Crippen LogP contribution in [0.1, 0.15) is 0 Å². The second-order valence-electron chi connectivity index (χ2n) is 2.86. The fourth-order valence-corrected chi connectivity index (χ4v) is 1.39. The zero-order valence-corrected chi connectivity index (χ0v) is 9.31. The minimum absolute atomic E-state index is 0.280. The van der Waals surface area contributed by atoms with E-state index in [9.17, 15) is 0 Å². The number of hydrogen-bond donors (Lipinski definition) is 1. The third-order valence-electron chi connectivity index (χ3n) is 1.65. The summed E-state index contributed by atoms with van der Waals surface area (Å²) < 4.78 is 6.35. The molecule has 0 amide bonds. The van der Waals surface area contributed by atoms with Crippen LogP contribution in [0.2, 0.25) is 0 Å². The van der Waals surface area contributed by atoms with Crippen LogP contribution in [0.25, 0.3) is 0 Å². The van der Waals surface area contributed by atoms with Gasteiger partial charge in [-0.2, -0.15) is 0 Å². The van der Waals surface area contributed by atoms with E-state index in [-0.39, 0.29) is 6.01 Å². The van der Waals surface area contributed by atoms with Crippen LogP contribution in [-0.2, 0) is 0 Å². The molecular weight excluding hydrogens is 258 g/mol. The van der Waals surface area contributed by atoms with Crippen LogP contribution in [0.15, 0.2) is 41.1 Å². The standard InChI is InChI=1S/C10H8BrN3O/c11-7-2-1-3-9(4-7)15-10-13-5-8(12)6-14-10/h1-6H,12H2. The minimum Gasteiger partial charge on any atom is -0.424 e. The van der Waals surface area contributed by atoms with E-state index >= 15 is 0 Å². The summed E-state index contributed by atoms with van der Waals surface area (Å²) in [6, 6.07) is 7.72. The molecule has 5 heteroatoms. The number of nitrogens with zero attached hydrogens (tertiary/aromatic N) is 2. The van der Waals surface area contributed by atoms with Gasteiger partial charge in [0.2, 0.25) is 0 Å². The Balaban J connectivity index is 2.18. The van der Waals surface area contributed by atoms with Crippen molar-refractivity contribution < 1.29 is 4.74 Å². The van der Waals surface area contributed by atoms with Crippen molar-refractivity contribution in [3.8, 4) is 11.8 Å². The van der Waals surface area contributed by atoms with Crippen molar-refractivity contribution in [2.75, 3.05) is 5.73 Å². The average molecular weight is 266 g/mol. The van der Waals surface area contributed by atoms with Crippen molar-refractivity contribution >= 4 is 21.6 Å². The second kappa shape index (κ2) is 4.27. The summed E-state index contributed by atoms with van der Waals surface area (Å²) in [6.07, 6.45) is 3.00. The average Bonchev–Trinajstić information content (AvgIpc) is 2.22. The first-order valence-corrected chi connectivity index (χ1v) is 5.04. The molecule has 0 spiro atoms. The van der Waals surface area contributed by atoms with Gasteiger partial charge >= 0.3 is 6.01 Å². The monoisotopic (exact) mass is 265 g/mol. The zero-order chi connectivity index (χ0) is 10.7. The Hall–Kier alpha value is -1.62. The quantitative estimate of drug-likeness (QED) is 0.907. The molecule has 15 heavy (non-hydrogen) atoms. The highest BCUT2D eigenvalue weighted by molar-refractivity contribution is 9.10. The summed E-state index contributed by atoms with van der Waals surface area (Å²) in [5.74, 6) is 0.675. The van der Waals surface area contributed by atoms with Crippen LogP contribution in [0.4, 0.5) is 5.69 Å². The number of aromatic nitrogens is 2. The lowest BCUT2D eigenvalue weighted by Crippen LogP contribution is -1.93. The van der Waals surface area contributed by atoms with Crippen LogP contribution in [0.3, 0.4) is 0 Å². The predicted octanol–water partition coefficient (Wildman–Crippen LogP) is 2.61. The molecule has 1 aromatic carbocycles. The van der Waals surface area contributed by atoms with Crippen LogP contribution in [0.5, 0.6) is 11.8 Å². The van der Waals surface area contributed by atoms with Gasteiger partial charge in [0.1, 0.15) is 5.75 Å². The third-order valence-corrected chi connectivity index (χ3v) is 2.15. The smallest absolute Gasteiger partial charge is 0.322 e. The van der Waals surface area contributed by atoms with Crippen molar-refractivity contribution in [3.63, 3.8) is 0 Å². The normalized spacial score (nSPS) is 9.93. The van der Waals surface area contributed by atoms with E-state index in [0.717, 1.165) is 4.47 Å². The second-order valence-corrected chi connectivity index (χ2v) is 3.77. The fraction of sp³-hybridized carbons (Fsp3) is 0. The van der Waals surface area contributed by atoms with Crippen molar-refractivity contribution in [3.05, 3.63) is 41.1 Å². The summed E-state index contributed by atoms with van der Waals surface area (Å²) in [4.78, 5) is 7.86. The highest BCUT2D eigenvalue weighted by atomic mass is 79.9. The summed E-state index contributed by atoms with van der Waals surface area (Å²) >= 11 is 3.35. The van der Waals surface area contributed by atoms with E-state index in [2.05, 4.69) is 25.9 Å². The number of hydrogen-bond acceptors (Lipinski definition) is 4.